The van der Waals surface area contributed by atoms with Gasteiger partial charge in [-0.3, -0.25) is 5.10 Å². The van der Waals surface area contributed by atoms with Crippen LogP contribution in [0.1, 0.15) is 33.3 Å². The van der Waals surface area contributed by atoms with Crippen LogP contribution in [0.25, 0.3) is 10.6 Å². The molecule has 2 rings (SSSR count). The zero-order valence-corrected chi connectivity index (χ0v) is 14.0. The van der Waals surface area contributed by atoms with Crippen molar-refractivity contribution in [3.63, 3.8) is 0 Å². The van der Waals surface area contributed by atoms with Crippen LogP contribution >= 0.6 is 11.3 Å². The summed E-state index contributed by atoms with van der Waals surface area (Å²) >= 11 is 1.70. The lowest BCUT2D eigenvalue weighted by Crippen LogP contribution is -2.41. The van der Waals surface area contributed by atoms with Crippen molar-refractivity contribution in [2.45, 2.75) is 40.3 Å². The number of nitrogens with zero attached hydrogens (tertiary/aromatic N) is 1. The lowest BCUT2D eigenvalue weighted by atomic mass is 9.80. The molecular weight excluding hydrogens is 282 g/mol. The highest BCUT2D eigenvalue weighted by molar-refractivity contribution is 7.13. The van der Waals surface area contributed by atoms with E-state index in [1.165, 1.54) is 4.88 Å². The minimum absolute atomic E-state index is 0.152. The maximum absolute atomic E-state index is 10.3. The van der Waals surface area contributed by atoms with Gasteiger partial charge in [0.05, 0.1) is 22.9 Å². The van der Waals surface area contributed by atoms with Gasteiger partial charge < -0.3 is 10.4 Å². The molecular formula is C16H25N3OS. The first-order valence-electron chi connectivity index (χ1n) is 7.36. The molecule has 0 saturated heterocycles. The second-order valence-corrected chi connectivity index (χ2v) is 7.48. The van der Waals surface area contributed by atoms with Gasteiger partial charge in [-0.15, -0.1) is 11.3 Å². The van der Waals surface area contributed by atoms with E-state index >= 15 is 0 Å². The topological polar surface area (TPSA) is 60.9 Å². The first kappa shape index (κ1) is 16.2. The Morgan fingerprint density at radius 3 is 2.81 bits per heavy atom. The number of aromatic nitrogens is 2. The third-order valence-corrected chi connectivity index (χ3v) is 4.70. The molecule has 3 N–H and O–H groups in total. The van der Waals surface area contributed by atoms with Crippen LogP contribution in [-0.2, 0) is 6.54 Å². The van der Waals surface area contributed by atoms with Crippen LogP contribution in [0.4, 0.5) is 0 Å². The highest BCUT2D eigenvalue weighted by Crippen LogP contribution is 2.27. The SMILES string of the molecule is CC(C)C(O)C(C)(C)CNCc1cn[nH]c1-c1cccs1. The average molecular weight is 307 g/mol. The fourth-order valence-electron chi connectivity index (χ4n) is 2.61. The Labute approximate surface area is 130 Å². The first-order chi connectivity index (χ1) is 9.92. The lowest BCUT2D eigenvalue weighted by molar-refractivity contribution is 0.0134. The highest BCUT2D eigenvalue weighted by atomic mass is 32.1. The number of aliphatic hydroxyl groups is 1. The molecule has 5 heteroatoms. The standard InChI is InChI=1S/C16H25N3OS/c1-11(2)15(20)16(3,4)10-17-8-12-9-18-19-14(12)13-6-5-7-21-13/h5-7,9,11,15,17,20H,8,10H2,1-4H3,(H,18,19). The van der Waals surface area contributed by atoms with Crippen LogP contribution in [0.5, 0.6) is 0 Å². The predicted molar refractivity (Wildman–Crippen MR) is 88.2 cm³/mol. The van der Waals surface area contributed by atoms with Crippen molar-refractivity contribution in [3.8, 4) is 10.6 Å². The van der Waals surface area contributed by atoms with Gasteiger partial charge in [-0.1, -0.05) is 33.8 Å². The first-order valence-corrected chi connectivity index (χ1v) is 8.24. The quantitative estimate of drug-likeness (QED) is 0.736. The van der Waals surface area contributed by atoms with E-state index in [0.29, 0.717) is 0 Å². The van der Waals surface area contributed by atoms with Gasteiger partial charge in [0.1, 0.15) is 0 Å². The number of rotatable bonds is 7. The molecule has 4 nitrogen and oxygen atoms in total. The summed E-state index contributed by atoms with van der Waals surface area (Å²) in [6.07, 6.45) is 1.56. The Hall–Kier alpha value is -1.17. The van der Waals surface area contributed by atoms with Gasteiger partial charge in [0.2, 0.25) is 0 Å². The molecule has 0 radical (unpaired) electrons. The fourth-order valence-corrected chi connectivity index (χ4v) is 3.36. The van der Waals surface area contributed by atoms with Crippen LogP contribution < -0.4 is 5.32 Å². The van der Waals surface area contributed by atoms with Crippen LogP contribution in [-0.4, -0.2) is 28.0 Å². The molecule has 0 aliphatic rings. The van der Waals surface area contributed by atoms with Gasteiger partial charge in [-0.25, -0.2) is 0 Å². The highest BCUT2D eigenvalue weighted by Gasteiger charge is 2.29. The maximum atomic E-state index is 10.3. The Balaban J connectivity index is 1.94. The van der Waals surface area contributed by atoms with Crippen molar-refractivity contribution in [3.05, 3.63) is 29.3 Å². The molecule has 0 aromatic carbocycles. The summed E-state index contributed by atoms with van der Waals surface area (Å²) < 4.78 is 0. The molecule has 0 aliphatic carbocycles. The third kappa shape index (κ3) is 3.93. The maximum Gasteiger partial charge on any atom is 0.0794 e. The summed E-state index contributed by atoms with van der Waals surface area (Å²) in [5.41, 5.74) is 2.09. The Morgan fingerprint density at radius 2 is 2.19 bits per heavy atom. The Bertz CT molecular complexity index is 546. The lowest BCUT2D eigenvalue weighted by Gasteiger charge is -2.33. The molecule has 2 aromatic heterocycles. The molecule has 0 saturated carbocycles. The van der Waals surface area contributed by atoms with E-state index in [1.54, 1.807) is 11.3 Å². The predicted octanol–water partition coefficient (Wildman–Crippen LogP) is 3.27. The van der Waals surface area contributed by atoms with E-state index in [-0.39, 0.29) is 17.4 Å². The van der Waals surface area contributed by atoms with Crippen LogP contribution in [0.15, 0.2) is 23.7 Å². The number of hydrogen-bond donors (Lipinski definition) is 3. The van der Waals surface area contributed by atoms with Crippen molar-refractivity contribution in [2.75, 3.05) is 6.54 Å². The summed E-state index contributed by atoms with van der Waals surface area (Å²) in [4.78, 5) is 1.20. The van der Waals surface area contributed by atoms with Gasteiger partial charge in [-0.2, -0.15) is 5.10 Å². The van der Waals surface area contributed by atoms with Crippen molar-refractivity contribution >= 4 is 11.3 Å². The molecule has 0 bridgehead atoms. The summed E-state index contributed by atoms with van der Waals surface area (Å²) in [6, 6.07) is 4.13. The van der Waals surface area contributed by atoms with E-state index < -0.39 is 0 Å². The molecule has 0 amide bonds. The number of H-pyrrole nitrogens is 1. The molecule has 116 valence electrons. The van der Waals surface area contributed by atoms with E-state index in [4.69, 9.17) is 0 Å². The smallest absolute Gasteiger partial charge is 0.0794 e. The number of hydrogen-bond acceptors (Lipinski definition) is 4. The van der Waals surface area contributed by atoms with Crippen LogP contribution in [0, 0.1) is 11.3 Å². The average Bonchev–Trinajstić information content (AvgIpc) is 3.07. The summed E-state index contributed by atoms with van der Waals surface area (Å²) in [5, 5.41) is 23.0. The van der Waals surface area contributed by atoms with Crippen molar-refractivity contribution in [2.24, 2.45) is 11.3 Å². The van der Waals surface area contributed by atoms with Crippen LogP contribution in [0.2, 0.25) is 0 Å². The monoisotopic (exact) mass is 307 g/mol. The largest absolute Gasteiger partial charge is 0.392 e. The van der Waals surface area contributed by atoms with Crippen molar-refractivity contribution < 1.29 is 5.11 Å². The Morgan fingerprint density at radius 1 is 1.43 bits per heavy atom. The Kier molecular flexibility index (Phi) is 5.19. The molecule has 1 unspecified atom stereocenters. The van der Waals surface area contributed by atoms with E-state index in [2.05, 4.69) is 54.7 Å². The molecule has 0 spiro atoms. The zero-order chi connectivity index (χ0) is 15.5. The second kappa shape index (κ2) is 6.73. The van der Waals surface area contributed by atoms with E-state index in [9.17, 15) is 5.11 Å². The van der Waals surface area contributed by atoms with Gasteiger partial charge in [0.15, 0.2) is 0 Å². The van der Waals surface area contributed by atoms with Crippen molar-refractivity contribution in [1.29, 1.82) is 0 Å². The normalized spacial score (nSPS) is 13.8. The van der Waals surface area contributed by atoms with Gasteiger partial charge in [0, 0.05) is 24.1 Å². The summed E-state index contributed by atoms with van der Waals surface area (Å²) in [6.45, 7) is 9.81. The molecule has 2 heterocycles. The van der Waals surface area contributed by atoms with Gasteiger partial charge in [0.25, 0.3) is 0 Å². The third-order valence-electron chi connectivity index (χ3n) is 3.81. The number of aliphatic hydroxyl groups excluding tert-OH is 1. The molecule has 1 atom stereocenters. The van der Waals surface area contributed by atoms with Gasteiger partial charge >= 0.3 is 0 Å². The molecule has 0 aliphatic heterocycles. The number of thiophene rings is 1. The molecule has 2 aromatic rings. The van der Waals surface area contributed by atoms with Crippen LogP contribution in [0.3, 0.4) is 0 Å². The fraction of sp³-hybridized carbons (Fsp3) is 0.562. The molecule has 21 heavy (non-hydrogen) atoms. The zero-order valence-electron chi connectivity index (χ0n) is 13.2. The van der Waals surface area contributed by atoms with Gasteiger partial charge in [-0.05, 0) is 17.4 Å². The minimum Gasteiger partial charge on any atom is -0.392 e. The van der Waals surface area contributed by atoms with E-state index in [1.807, 2.05) is 12.3 Å². The molecule has 0 fully saturated rings. The minimum atomic E-state index is -0.314. The number of nitrogens with one attached hydrogen (secondary N) is 2. The number of aromatic amines is 1. The summed E-state index contributed by atoms with van der Waals surface area (Å²) in [5.74, 6) is 0.261. The van der Waals surface area contributed by atoms with E-state index in [0.717, 1.165) is 24.3 Å². The second-order valence-electron chi connectivity index (χ2n) is 6.53. The van der Waals surface area contributed by atoms with Crippen molar-refractivity contribution in [1.82, 2.24) is 15.5 Å². The summed E-state index contributed by atoms with van der Waals surface area (Å²) in [7, 11) is 0.